The predicted octanol–water partition coefficient (Wildman–Crippen LogP) is 2.72. The average Bonchev–Trinajstić information content (AvgIpc) is 2.37. The van der Waals surface area contributed by atoms with Crippen molar-refractivity contribution in [3.05, 3.63) is 29.8 Å². The third kappa shape index (κ3) is 3.28. The fourth-order valence-corrected chi connectivity index (χ4v) is 3.60. The molecule has 0 amide bonds. The molecule has 98 valence electrons. The van der Waals surface area contributed by atoms with Gasteiger partial charge in [0.1, 0.15) is 0 Å². The van der Waals surface area contributed by atoms with Crippen LogP contribution < -0.4 is 5.32 Å². The molecule has 2 aliphatic rings. The molecule has 0 unspecified atom stereocenters. The van der Waals surface area contributed by atoms with Gasteiger partial charge in [0.2, 0.25) is 0 Å². The molecule has 3 heteroatoms. The molecule has 0 spiro atoms. The van der Waals surface area contributed by atoms with E-state index in [1.54, 1.807) is 0 Å². The van der Waals surface area contributed by atoms with E-state index in [-0.39, 0.29) is 0 Å². The highest BCUT2D eigenvalue weighted by Gasteiger charge is 2.19. The predicted molar refractivity (Wildman–Crippen MR) is 76.2 cm³/mol. The number of hydrogen-bond donors (Lipinski definition) is 1. The first kappa shape index (κ1) is 12.5. The van der Waals surface area contributed by atoms with Gasteiger partial charge in [-0.05, 0) is 56.0 Å². The van der Waals surface area contributed by atoms with E-state index in [4.69, 9.17) is 4.74 Å². The summed E-state index contributed by atoms with van der Waals surface area (Å²) in [6.45, 7) is 4.23. The third-order valence-electron chi connectivity index (χ3n) is 3.82. The second kappa shape index (κ2) is 6.09. The van der Waals surface area contributed by atoms with Gasteiger partial charge < -0.3 is 10.1 Å². The summed E-state index contributed by atoms with van der Waals surface area (Å²) in [7, 11) is 0. The standard InChI is InChI=1S/C15H21NOS/c1-3-14(18-15-10-17-11-15)4-2-12(1)9-13-5-7-16-8-6-13/h1-4,13,15-16H,5-11H2. The summed E-state index contributed by atoms with van der Waals surface area (Å²) >= 11 is 1.95. The maximum Gasteiger partial charge on any atom is 0.0611 e. The quantitative estimate of drug-likeness (QED) is 0.902. The Kier molecular flexibility index (Phi) is 4.24. The Morgan fingerprint density at radius 3 is 2.44 bits per heavy atom. The lowest BCUT2D eigenvalue weighted by Crippen LogP contribution is -2.30. The molecule has 0 atom stereocenters. The number of thioether (sulfide) groups is 1. The van der Waals surface area contributed by atoms with Gasteiger partial charge in [0, 0.05) is 4.90 Å². The molecule has 1 N–H and O–H groups in total. The smallest absolute Gasteiger partial charge is 0.0611 e. The second-order valence-corrected chi connectivity index (χ2v) is 6.69. The van der Waals surface area contributed by atoms with Crippen LogP contribution in [0.3, 0.4) is 0 Å². The minimum atomic E-state index is 0.681. The fraction of sp³-hybridized carbons (Fsp3) is 0.600. The van der Waals surface area contributed by atoms with Crippen LogP contribution in [0.1, 0.15) is 18.4 Å². The maximum atomic E-state index is 5.20. The van der Waals surface area contributed by atoms with Crippen molar-refractivity contribution in [3.63, 3.8) is 0 Å². The van der Waals surface area contributed by atoms with Crippen LogP contribution in [-0.2, 0) is 11.2 Å². The second-order valence-electron chi connectivity index (χ2n) is 5.32. The number of benzene rings is 1. The number of nitrogens with one attached hydrogen (secondary N) is 1. The van der Waals surface area contributed by atoms with Crippen molar-refractivity contribution in [2.75, 3.05) is 26.3 Å². The largest absolute Gasteiger partial charge is 0.379 e. The first-order valence-corrected chi connectivity index (χ1v) is 7.82. The van der Waals surface area contributed by atoms with Crippen molar-refractivity contribution < 1.29 is 4.74 Å². The van der Waals surface area contributed by atoms with E-state index in [1.807, 2.05) is 11.8 Å². The van der Waals surface area contributed by atoms with Gasteiger partial charge in [-0.1, -0.05) is 12.1 Å². The van der Waals surface area contributed by atoms with E-state index in [9.17, 15) is 0 Å². The van der Waals surface area contributed by atoms with Crippen molar-refractivity contribution >= 4 is 11.8 Å². The molecule has 18 heavy (non-hydrogen) atoms. The van der Waals surface area contributed by atoms with E-state index in [1.165, 1.54) is 42.8 Å². The van der Waals surface area contributed by atoms with Crippen molar-refractivity contribution in [1.82, 2.24) is 5.32 Å². The zero-order valence-electron chi connectivity index (χ0n) is 10.7. The van der Waals surface area contributed by atoms with Crippen LogP contribution in [0.15, 0.2) is 29.2 Å². The summed E-state index contributed by atoms with van der Waals surface area (Å²) in [5.41, 5.74) is 1.50. The SMILES string of the molecule is c1cc(SC2COC2)ccc1CC1CCNCC1. The topological polar surface area (TPSA) is 21.3 Å². The van der Waals surface area contributed by atoms with Crippen molar-refractivity contribution in [2.45, 2.75) is 29.4 Å². The van der Waals surface area contributed by atoms with Gasteiger partial charge in [0.05, 0.1) is 18.5 Å². The summed E-state index contributed by atoms with van der Waals surface area (Å²) in [6, 6.07) is 9.17. The third-order valence-corrected chi connectivity index (χ3v) is 4.97. The van der Waals surface area contributed by atoms with Crippen LogP contribution >= 0.6 is 11.8 Å². The Hall–Kier alpha value is -0.510. The monoisotopic (exact) mass is 263 g/mol. The van der Waals surface area contributed by atoms with E-state index in [2.05, 4.69) is 29.6 Å². The van der Waals surface area contributed by atoms with Gasteiger partial charge in [-0.25, -0.2) is 0 Å². The number of hydrogen-bond acceptors (Lipinski definition) is 3. The van der Waals surface area contributed by atoms with E-state index in [0.29, 0.717) is 5.25 Å². The normalized spacial score (nSPS) is 21.8. The van der Waals surface area contributed by atoms with Crippen LogP contribution in [0.25, 0.3) is 0 Å². The minimum Gasteiger partial charge on any atom is -0.379 e. The first-order chi connectivity index (χ1) is 8.90. The van der Waals surface area contributed by atoms with Crippen molar-refractivity contribution in [3.8, 4) is 0 Å². The molecule has 2 aliphatic heterocycles. The van der Waals surface area contributed by atoms with Crippen LogP contribution in [0.2, 0.25) is 0 Å². The van der Waals surface area contributed by atoms with Crippen LogP contribution in [0, 0.1) is 5.92 Å². The Bertz CT molecular complexity index is 369. The lowest BCUT2D eigenvalue weighted by atomic mass is 9.91. The number of rotatable bonds is 4. The molecule has 2 heterocycles. The average molecular weight is 263 g/mol. The molecule has 2 nitrogen and oxygen atoms in total. The number of piperidine rings is 1. The highest BCUT2D eigenvalue weighted by Crippen LogP contribution is 2.28. The highest BCUT2D eigenvalue weighted by atomic mass is 32.2. The Balaban J connectivity index is 1.52. The Morgan fingerprint density at radius 1 is 1.11 bits per heavy atom. The molecule has 0 radical (unpaired) electrons. The zero-order chi connectivity index (χ0) is 12.2. The molecular formula is C15H21NOS. The Labute approximate surface area is 113 Å². The van der Waals surface area contributed by atoms with E-state index >= 15 is 0 Å². The molecule has 1 aromatic rings. The molecule has 0 saturated carbocycles. The summed E-state index contributed by atoms with van der Waals surface area (Å²) < 4.78 is 5.20. The lowest BCUT2D eigenvalue weighted by molar-refractivity contribution is 0.0455. The van der Waals surface area contributed by atoms with Gasteiger partial charge in [-0.15, -0.1) is 11.8 Å². The molecule has 3 rings (SSSR count). The van der Waals surface area contributed by atoms with Gasteiger partial charge in [0.15, 0.2) is 0 Å². The highest BCUT2D eigenvalue weighted by molar-refractivity contribution is 8.00. The maximum absolute atomic E-state index is 5.20. The van der Waals surface area contributed by atoms with Crippen molar-refractivity contribution in [1.29, 1.82) is 0 Å². The molecule has 2 fully saturated rings. The summed E-state index contributed by atoms with van der Waals surface area (Å²) in [5.74, 6) is 0.879. The molecule has 1 aromatic carbocycles. The summed E-state index contributed by atoms with van der Waals surface area (Å²) in [4.78, 5) is 1.39. The summed E-state index contributed by atoms with van der Waals surface area (Å²) in [5, 5.41) is 4.11. The fourth-order valence-electron chi connectivity index (χ4n) is 2.60. The number of ether oxygens (including phenoxy) is 1. The van der Waals surface area contributed by atoms with Gasteiger partial charge >= 0.3 is 0 Å². The van der Waals surface area contributed by atoms with Gasteiger partial charge in [-0.2, -0.15) is 0 Å². The van der Waals surface area contributed by atoms with Gasteiger partial charge in [0.25, 0.3) is 0 Å². The minimum absolute atomic E-state index is 0.681. The first-order valence-electron chi connectivity index (χ1n) is 6.94. The molecule has 0 aliphatic carbocycles. The molecule has 0 aromatic heterocycles. The van der Waals surface area contributed by atoms with E-state index in [0.717, 1.165) is 19.1 Å². The Morgan fingerprint density at radius 2 is 1.83 bits per heavy atom. The van der Waals surface area contributed by atoms with Crippen LogP contribution in [0.4, 0.5) is 0 Å². The molecule has 0 bridgehead atoms. The van der Waals surface area contributed by atoms with Crippen LogP contribution in [-0.4, -0.2) is 31.6 Å². The molecular weight excluding hydrogens is 242 g/mol. The zero-order valence-corrected chi connectivity index (χ0v) is 11.5. The van der Waals surface area contributed by atoms with E-state index < -0.39 is 0 Å². The van der Waals surface area contributed by atoms with Crippen molar-refractivity contribution in [2.24, 2.45) is 5.92 Å². The summed E-state index contributed by atoms with van der Waals surface area (Å²) in [6.07, 6.45) is 3.91. The van der Waals surface area contributed by atoms with Crippen LogP contribution in [0.5, 0.6) is 0 Å². The van der Waals surface area contributed by atoms with Gasteiger partial charge in [-0.3, -0.25) is 0 Å². The molecule has 2 saturated heterocycles. The lowest BCUT2D eigenvalue weighted by Gasteiger charge is -2.25.